The average Bonchev–Trinajstić information content (AvgIpc) is 2.46. The van der Waals surface area contributed by atoms with E-state index in [0.717, 1.165) is 5.56 Å². The predicted octanol–water partition coefficient (Wildman–Crippen LogP) is 0.858. The van der Waals surface area contributed by atoms with Crippen LogP contribution in [0.4, 0.5) is 0 Å². The highest BCUT2D eigenvalue weighted by Gasteiger charge is 2.37. The largest absolute Gasteiger partial charge is 0.342 e. The molecular weight excluding hydrogens is 254 g/mol. The molecule has 0 bridgehead atoms. The van der Waals surface area contributed by atoms with Gasteiger partial charge in [-0.3, -0.25) is 9.59 Å². The number of carbonyl (C=O) groups is 2. The Bertz CT molecular complexity index is 536. The topological polar surface area (TPSA) is 73.2 Å². The van der Waals surface area contributed by atoms with Crippen LogP contribution in [0.15, 0.2) is 30.3 Å². The van der Waals surface area contributed by atoms with Crippen LogP contribution in [-0.4, -0.2) is 35.3 Å². The molecule has 0 aromatic heterocycles. The van der Waals surface area contributed by atoms with Crippen molar-refractivity contribution in [3.05, 3.63) is 35.9 Å². The quantitative estimate of drug-likeness (QED) is 0.882. The zero-order valence-electron chi connectivity index (χ0n) is 11.4. The van der Waals surface area contributed by atoms with Crippen molar-refractivity contribution < 1.29 is 9.59 Å². The predicted molar refractivity (Wildman–Crippen MR) is 73.5 cm³/mol. The van der Waals surface area contributed by atoms with Crippen LogP contribution in [0, 0.1) is 11.3 Å². The van der Waals surface area contributed by atoms with Crippen molar-refractivity contribution in [1.29, 1.82) is 5.26 Å². The van der Waals surface area contributed by atoms with Gasteiger partial charge in [-0.05, 0) is 12.5 Å². The molecular formula is C15H17N3O2. The van der Waals surface area contributed by atoms with Crippen molar-refractivity contribution in [1.82, 2.24) is 10.2 Å². The van der Waals surface area contributed by atoms with Crippen molar-refractivity contribution in [2.75, 3.05) is 6.54 Å². The highest BCUT2D eigenvalue weighted by molar-refractivity contribution is 5.96. The molecule has 2 atom stereocenters. The highest BCUT2D eigenvalue weighted by Crippen LogP contribution is 2.14. The van der Waals surface area contributed by atoms with E-state index >= 15 is 0 Å². The van der Waals surface area contributed by atoms with E-state index in [-0.39, 0.29) is 18.2 Å². The molecule has 2 rings (SSSR count). The molecule has 1 saturated heterocycles. The molecule has 0 unspecified atom stereocenters. The van der Waals surface area contributed by atoms with E-state index in [9.17, 15) is 9.59 Å². The van der Waals surface area contributed by atoms with Crippen LogP contribution >= 0.6 is 0 Å². The van der Waals surface area contributed by atoms with Crippen LogP contribution in [-0.2, 0) is 16.0 Å². The Morgan fingerprint density at radius 3 is 2.65 bits per heavy atom. The van der Waals surface area contributed by atoms with E-state index in [4.69, 9.17) is 5.26 Å². The molecule has 0 saturated carbocycles. The third-order valence-electron chi connectivity index (χ3n) is 3.49. The van der Waals surface area contributed by atoms with Crippen LogP contribution in [0.3, 0.4) is 0 Å². The van der Waals surface area contributed by atoms with Crippen molar-refractivity contribution in [3.63, 3.8) is 0 Å². The number of benzene rings is 1. The third-order valence-corrected chi connectivity index (χ3v) is 3.49. The van der Waals surface area contributed by atoms with Gasteiger partial charge in [0.05, 0.1) is 12.5 Å². The van der Waals surface area contributed by atoms with E-state index in [2.05, 4.69) is 5.32 Å². The van der Waals surface area contributed by atoms with E-state index in [0.29, 0.717) is 13.0 Å². The fourth-order valence-corrected chi connectivity index (χ4v) is 2.35. The number of amides is 2. The van der Waals surface area contributed by atoms with Crippen LogP contribution in [0.5, 0.6) is 0 Å². The summed E-state index contributed by atoms with van der Waals surface area (Å²) in [6.45, 7) is 1.98. The Morgan fingerprint density at radius 2 is 2.00 bits per heavy atom. The summed E-state index contributed by atoms with van der Waals surface area (Å²) >= 11 is 0. The molecule has 1 fully saturated rings. The van der Waals surface area contributed by atoms with Gasteiger partial charge in [-0.15, -0.1) is 0 Å². The first-order chi connectivity index (χ1) is 9.63. The summed E-state index contributed by atoms with van der Waals surface area (Å²) in [6, 6.07) is 10.5. The minimum atomic E-state index is -0.542. The Morgan fingerprint density at radius 1 is 1.30 bits per heavy atom. The van der Waals surface area contributed by atoms with Crippen molar-refractivity contribution in [3.8, 4) is 6.07 Å². The Labute approximate surface area is 118 Å². The second-order valence-electron chi connectivity index (χ2n) is 4.87. The number of hydrogen-bond donors (Lipinski definition) is 1. The summed E-state index contributed by atoms with van der Waals surface area (Å²) < 4.78 is 0. The van der Waals surface area contributed by atoms with Gasteiger partial charge in [0.15, 0.2) is 0 Å². The molecule has 0 radical (unpaired) electrons. The molecule has 5 heteroatoms. The fourth-order valence-electron chi connectivity index (χ4n) is 2.35. The minimum absolute atomic E-state index is 0.115. The second kappa shape index (κ2) is 6.20. The molecule has 104 valence electrons. The van der Waals surface area contributed by atoms with E-state index < -0.39 is 12.1 Å². The molecule has 1 N–H and O–H groups in total. The summed E-state index contributed by atoms with van der Waals surface area (Å²) in [5.74, 6) is -0.278. The Balaban J connectivity index is 2.12. The summed E-state index contributed by atoms with van der Waals surface area (Å²) in [4.78, 5) is 25.8. The maximum atomic E-state index is 12.4. The second-order valence-corrected chi connectivity index (χ2v) is 4.87. The first-order valence-electron chi connectivity index (χ1n) is 6.65. The number of carbonyl (C=O) groups excluding carboxylic acids is 2. The summed E-state index contributed by atoms with van der Waals surface area (Å²) in [6.07, 6.45) is 0.711. The third kappa shape index (κ3) is 2.97. The summed E-state index contributed by atoms with van der Waals surface area (Å²) in [5.41, 5.74) is 1.00. The number of nitrogens with zero attached hydrogens (tertiary/aromatic N) is 2. The van der Waals surface area contributed by atoms with Gasteiger partial charge >= 0.3 is 0 Å². The summed E-state index contributed by atoms with van der Waals surface area (Å²) in [7, 11) is 0. The van der Waals surface area contributed by atoms with Gasteiger partial charge in [0.1, 0.15) is 12.1 Å². The number of rotatable bonds is 4. The molecule has 1 aliphatic rings. The van der Waals surface area contributed by atoms with Crippen LogP contribution in [0.1, 0.15) is 18.9 Å². The van der Waals surface area contributed by atoms with Gasteiger partial charge in [-0.1, -0.05) is 30.3 Å². The monoisotopic (exact) mass is 271 g/mol. The smallest absolute Gasteiger partial charge is 0.246 e. The standard InChI is InChI=1S/C15H17N3O2/c1-11-14(19)17-13(10-12-6-3-2-4-7-12)15(20)18(11)9-5-8-16/h2-4,6-7,11,13H,5,9-10H2,1H3,(H,17,19)/t11-,13+/m1/s1. The molecule has 1 heterocycles. The first kappa shape index (κ1) is 14.1. The van der Waals surface area contributed by atoms with Gasteiger partial charge < -0.3 is 10.2 Å². The van der Waals surface area contributed by atoms with Crippen molar-refractivity contribution in [2.45, 2.75) is 31.8 Å². The van der Waals surface area contributed by atoms with E-state index in [1.54, 1.807) is 6.92 Å². The number of nitriles is 1. The number of piperazine rings is 1. The molecule has 1 aromatic carbocycles. The maximum absolute atomic E-state index is 12.4. The minimum Gasteiger partial charge on any atom is -0.342 e. The first-order valence-corrected chi connectivity index (χ1v) is 6.65. The maximum Gasteiger partial charge on any atom is 0.246 e. The van der Waals surface area contributed by atoms with Gasteiger partial charge in [0, 0.05) is 13.0 Å². The average molecular weight is 271 g/mol. The van der Waals surface area contributed by atoms with Crippen LogP contribution in [0.25, 0.3) is 0 Å². The molecule has 5 nitrogen and oxygen atoms in total. The molecule has 1 aliphatic heterocycles. The van der Waals surface area contributed by atoms with Gasteiger partial charge in [0.2, 0.25) is 11.8 Å². The zero-order chi connectivity index (χ0) is 14.5. The number of nitrogens with one attached hydrogen (secondary N) is 1. The van der Waals surface area contributed by atoms with Gasteiger partial charge in [-0.2, -0.15) is 5.26 Å². The van der Waals surface area contributed by atoms with Gasteiger partial charge in [-0.25, -0.2) is 0 Å². The lowest BCUT2D eigenvalue weighted by Gasteiger charge is -2.37. The van der Waals surface area contributed by atoms with Gasteiger partial charge in [0.25, 0.3) is 0 Å². The Hall–Kier alpha value is -2.35. The Kier molecular flexibility index (Phi) is 4.36. The number of hydrogen-bond acceptors (Lipinski definition) is 3. The SMILES string of the molecule is C[C@@H]1C(=O)N[C@@H](Cc2ccccc2)C(=O)N1CCC#N. The lowest BCUT2D eigenvalue weighted by atomic mass is 10.0. The molecule has 20 heavy (non-hydrogen) atoms. The van der Waals surface area contributed by atoms with Crippen molar-refractivity contribution >= 4 is 11.8 Å². The van der Waals surface area contributed by atoms with E-state index in [1.165, 1.54) is 4.90 Å². The van der Waals surface area contributed by atoms with Crippen LogP contribution < -0.4 is 5.32 Å². The lowest BCUT2D eigenvalue weighted by Crippen LogP contribution is -2.63. The normalized spacial score (nSPS) is 22.3. The molecule has 1 aromatic rings. The molecule has 0 spiro atoms. The summed E-state index contributed by atoms with van der Waals surface area (Å²) in [5, 5.41) is 11.4. The molecule has 0 aliphatic carbocycles. The van der Waals surface area contributed by atoms with E-state index in [1.807, 2.05) is 36.4 Å². The van der Waals surface area contributed by atoms with Crippen molar-refractivity contribution in [2.24, 2.45) is 0 Å². The lowest BCUT2D eigenvalue weighted by molar-refractivity contribution is -0.148. The fraction of sp³-hybridized carbons (Fsp3) is 0.400. The molecule has 2 amide bonds. The highest BCUT2D eigenvalue weighted by atomic mass is 16.2. The van der Waals surface area contributed by atoms with Crippen LogP contribution in [0.2, 0.25) is 0 Å². The zero-order valence-corrected chi connectivity index (χ0v) is 11.4.